The molecule has 1 heterocycles. The highest BCUT2D eigenvalue weighted by Crippen LogP contribution is 2.30. The highest BCUT2D eigenvalue weighted by atomic mass is 32.2. The van der Waals surface area contributed by atoms with Gasteiger partial charge in [-0.3, -0.25) is 4.99 Å². The summed E-state index contributed by atoms with van der Waals surface area (Å²) in [7, 11) is -5.26. The standard InChI is InChI=1S/C15H27F3N4O3S/c1-2-19-13(20-11-14(23)7-3-4-8-14)21-12-5-9-22(10-6-12)26(24,25)15(16,17)18/h12,23H,2-11H2,1H3,(H2,19,20,21). The number of guanidine groups is 1. The molecule has 0 aromatic rings. The van der Waals surface area contributed by atoms with Crippen LogP contribution in [0.25, 0.3) is 0 Å². The van der Waals surface area contributed by atoms with Crippen molar-refractivity contribution < 1.29 is 26.7 Å². The van der Waals surface area contributed by atoms with Crippen LogP contribution in [0.1, 0.15) is 45.4 Å². The first-order valence-electron chi connectivity index (χ1n) is 8.91. The maximum Gasteiger partial charge on any atom is 0.511 e. The molecule has 1 aliphatic heterocycles. The molecule has 1 saturated carbocycles. The molecule has 7 nitrogen and oxygen atoms in total. The molecule has 2 fully saturated rings. The Bertz CT molecular complexity index is 596. The summed E-state index contributed by atoms with van der Waals surface area (Å²) in [6.45, 7) is 2.38. The van der Waals surface area contributed by atoms with Gasteiger partial charge in [0.15, 0.2) is 5.96 Å². The molecular formula is C15H27F3N4O3S. The summed E-state index contributed by atoms with van der Waals surface area (Å²) in [6, 6.07) is -0.175. The summed E-state index contributed by atoms with van der Waals surface area (Å²) in [5.41, 5.74) is -6.05. The highest BCUT2D eigenvalue weighted by molar-refractivity contribution is 7.90. The Morgan fingerprint density at radius 2 is 1.85 bits per heavy atom. The Hall–Kier alpha value is -1.07. The zero-order valence-electron chi connectivity index (χ0n) is 14.8. The van der Waals surface area contributed by atoms with Gasteiger partial charge in [-0.05, 0) is 32.6 Å². The Morgan fingerprint density at radius 3 is 2.35 bits per heavy atom. The van der Waals surface area contributed by atoms with E-state index in [2.05, 4.69) is 15.6 Å². The molecule has 1 aliphatic carbocycles. The molecular weight excluding hydrogens is 373 g/mol. The minimum Gasteiger partial charge on any atom is -0.388 e. The van der Waals surface area contributed by atoms with Crippen molar-refractivity contribution in [3.8, 4) is 0 Å². The molecule has 2 rings (SSSR count). The first-order chi connectivity index (χ1) is 12.1. The SMILES string of the molecule is CCNC(=NCC1(O)CCCC1)NC1CCN(S(=O)(=O)C(F)(F)F)CC1. The van der Waals surface area contributed by atoms with Gasteiger partial charge in [-0.25, -0.2) is 8.42 Å². The van der Waals surface area contributed by atoms with Gasteiger partial charge in [0.05, 0.1) is 12.1 Å². The zero-order chi connectivity index (χ0) is 19.4. The predicted molar refractivity (Wildman–Crippen MR) is 92.1 cm³/mol. The number of hydrogen-bond acceptors (Lipinski definition) is 4. The summed E-state index contributed by atoms with van der Waals surface area (Å²) >= 11 is 0. The number of rotatable bonds is 5. The monoisotopic (exact) mass is 400 g/mol. The number of hydrogen-bond donors (Lipinski definition) is 3. The van der Waals surface area contributed by atoms with Crippen LogP contribution in [0.5, 0.6) is 0 Å². The Balaban J connectivity index is 1.91. The second-order valence-corrected chi connectivity index (χ2v) is 8.82. The van der Waals surface area contributed by atoms with E-state index >= 15 is 0 Å². The molecule has 0 atom stereocenters. The van der Waals surface area contributed by atoms with Gasteiger partial charge >= 0.3 is 15.5 Å². The van der Waals surface area contributed by atoms with Crippen LogP contribution >= 0.6 is 0 Å². The van der Waals surface area contributed by atoms with Crippen molar-refractivity contribution in [2.24, 2.45) is 4.99 Å². The molecule has 0 radical (unpaired) electrons. The topological polar surface area (TPSA) is 94.0 Å². The quantitative estimate of drug-likeness (QED) is 0.476. The molecule has 2 aliphatic rings. The third kappa shape index (κ3) is 5.23. The van der Waals surface area contributed by atoms with Gasteiger partial charge < -0.3 is 15.7 Å². The molecule has 1 saturated heterocycles. The van der Waals surface area contributed by atoms with Crippen molar-refractivity contribution in [1.82, 2.24) is 14.9 Å². The van der Waals surface area contributed by atoms with E-state index in [1.165, 1.54) is 0 Å². The fourth-order valence-electron chi connectivity index (χ4n) is 3.32. The van der Waals surface area contributed by atoms with Crippen molar-refractivity contribution in [3.05, 3.63) is 0 Å². The predicted octanol–water partition coefficient (Wildman–Crippen LogP) is 1.16. The number of nitrogens with zero attached hydrogens (tertiary/aromatic N) is 2. The van der Waals surface area contributed by atoms with E-state index in [1.807, 2.05) is 6.92 Å². The molecule has 26 heavy (non-hydrogen) atoms. The van der Waals surface area contributed by atoms with E-state index in [1.54, 1.807) is 0 Å². The van der Waals surface area contributed by atoms with E-state index in [4.69, 9.17) is 0 Å². The van der Waals surface area contributed by atoms with Crippen LogP contribution in [0.2, 0.25) is 0 Å². The lowest BCUT2D eigenvalue weighted by molar-refractivity contribution is -0.0494. The summed E-state index contributed by atoms with van der Waals surface area (Å²) in [6.07, 6.45) is 3.88. The number of aliphatic imine (C=N–C) groups is 1. The van der Waals surface area contributed by atoms with Crippen LogP contribution in [0.15, 0.2) is 4.99 Å². The minimum absolute atomic E-state index is 0.175. The van der Waals surface area contributed by atoms with Gasteiger partial charge in [0, 0.05) is 25.7 Å². The maximum atomic E-state index is 12.6. The van der Waals surface area contributed by atoms with Gasteiger partial charge in [0.2, 0.25) is 0 Å². The summed E-state index contributed by atoms with van der Waals surface area (Å²) < 4.78 is 61.2. The number of alkyl halides is 3. The van der Waals surface area contributed by atoms with E-state index in [0.717, 1.165) is 12.8 Å². The second kappa shape index (κ2) is 8.30. The van der Waals surface area contributed by atoms with E-state index < -0.39 is 21.1 Å². The first kappa shape index (κ1) is 21.2. The van der Waals surface area contributed by atoms with E-state index in [-0.39, 0.29) is 38.5 Å². The largest absolute Gasteiger partial charge is 0.511 e. The molecule has 0 aromatic heterocycles. The van der Waals surface area contributed by atoms with Crippen molar-refractivity contribution in [3.63, 3.8) is 0 Å². The lowest BCUT2D eigenvalue weighted by Crippen LogP contribution is -2.52. The molecule has 152 valence electrons. The van der Waals surface area contributed by atoms with Crippen LogP contribution < -0.4 is 10.6 Å². The summed E-state index contributed by atoms with van der Waals surface area (Å²) in [4.78, 5) is 4.40. The van der Waals surface area contributed by atoms with Crippen molar-refractivity contribution in [2.75, 3.05) is 26.2 Å². The lowest BCUT2D eigenvalue weighted by Gasteiger charge is -2.32. The molecule has 0 amide bonds. The fourth-order valence-corrected chi connectivity index (χ4v) is 4.30. The van der Waals surface area contributed by atoms with Crippen LogP contribution in [0, 0.1) is 0 Å². The van der Waals surface area contributed by atoms with E-state index in [9.17, 15) is 26.7 Å². The molecule has 0 bridgehead atoms. The Kier molecular flexibility index (Phi) is 6.78. The number of sulfonamides is 1. The average molecular weight is 400 g/mol. The van der Waals surface area contributed by atoms with Crippen LogP contribution in [-0.2, 0) is 10.0 Å². The number of nitrogens with one attached hydrogen (secondary N) is 2. The van der Waals surface area contributed by atoms with E-state index in [0.29, 0.717) is 29.7 Å². The Labute approximate surface area is 152 Å². The number of aliphatic hydroxyl groups is 1. The molecule has 0 spiro atoms. The fraction of sp³-hybridized carbons (Fsp3) is 0.933. The second-order valence-electron chi connectivity index (χ2n) is 6.90. The molecule has 11 heteroatoms. The lowest BCUT2D eigenvalue weighted by atomic mass is 10.0. The summed E-state index contributed by atoms with van der Waals surface area (Å²) in [5.74, 6) is 0.491. The maximum absolute atomic E-state index is 12.6. The number of halogens is 3. The van der Waals surface area contributed by atoms with Crippen molar-refractivity contribution in [1.29, 1.82) is 0 Å². The molecule has 3 N–H and O–H groups in total. The smallest absolute Gasteiger partial charge is 0.388 e. The van der Waals surface area contributed by atoms with Crippen LogP contribution in [-0.4, -0.2) is 67.1 Å². The third-order valence-electron chi connectivity index (χ3n) is 4.84. The number of piperidine rings is 1. The van der Waals surface area contributed by atoms with Gasteiger partial charge in [-0.2, -0.15) is 17.5 Å². The third-order valence-corrected chi connectivity index (χ3v) is 6.47. The van der Waals surface area contributed by atoms with Crippen molar-refractivity contribution >= 4 is 16.0 Å². The highest BCUT2D eigenvalue weighted by Gasteiger charge is 2.50. The minimum atomic E-state index is -5.26. The van der Waals surface area contributed by atoms with Crippen LogP contribution in [0.4, 0.5) is 13.2 Å². The van der Waals surface area contributed by atoms with Gasteiger partial charge in [-0.1, -0.05) is 12.8 Å². The molecule has 0 aromatic carbocycles. The molecule has 0 unspecified atom stereocenters. The normalized spacial score (nSPS) is 23.2. The van der Waals surface area contributed by atoms with Gasteiger partial charge in [0.1, 0.15) is 0 Å². The van der Waals surface area contributed by atoms with Crippen LogP contribution in [0.3, 0.4) is 0 Å². The zero-order valence-corrected chi connectivity index (χ0v) is 15.7. The average Bonchev–Trinajstić information content (AvgIpc) is 2.99. The first-order valence-corrected chi connectivity index (χ1v) is 10.3. The van der Waals surface area contributed by atoms with Crippen molar-refractivity contribution in [2.45, 2.75) is 62.6 Å². The summed E-state index contributed by atoms with van der Waals surface area (Å²) in [5, 5.41) is 16.6. The van der Waals surface area contributed by atoms with Gasteiger partial charge in [0.25, 0.3) is 0 Å². The van der Waals surface area contributed by atoms with Gasteiger partial charge in [-0.15, -0.1) is 0 Å². The Morgan fingerprint density at radius 1 is 1.27 bits per heavy atom.